The molecular weight excluding hydrogens is 170 g/mol. The van der Waals surface area contributed by atoms with E-state index in [1.54, 1.807) is 18.6 Å². The Morgan fingerprint density at radius 3 is 2.18 bits per heavy atom. The van der Waals surface area contributed by atoms with Crippen molar-refractivity contribution < 1.29 is 17.4 Å². The first-order valence-electron chi connectivity index (χ1n) is 3.01. The zero-order valence-corrected chi connectivity index (χ0v) is 7.44. The van der Waals surface area contributed by atoms with Crippen molar-refractivity contribution >= 4 is 16.2 Å². The summed E-state index contributed by atoms with van der Waals surface area (Å²) in [5, 5.41) is 0. The van der Waals surface area contributed by atoms with Crippen molar-refractivity contribution in [3.63, 3.8) is 0 Å². The van der Waals surface area contributed by atoms with Gasteiger partial charge in [0, 0.05) is 5.92 Å². The Morgan fingerprint density at radius 2 is 1.91 bits per heavy atom. The van der Waals surface area contributed by atoms with E-state index in [0.29, 0.717) is 0 Å². The molecule has 1 N–H and O–H groups in total. The molecule has 0 spiro atoms. The number of carbonyl (C=O) groups is 1. The number of rotatable bonds is 3. The lowest BCUT2D eigenvalue weighted by Crippen LogP contribution is -2.34. The van der Waals surface area contributed by atoms with Crippen LogP contribution < -0.4 is 4.72 Å². The third-order valence-electron chi connectivity index (χ3n) is 0.969. The minimum Gasteiger partial charge on any atom is -0.274 e. The average Bonchev–Trinajstić information content (AvgIpc) is 1.87. The third-order valence-corrected chi connectivity index (χ3v) is 1.86. The van der Waals surface area contributed by atoms with Crippen LogP contribution in [0.3, 0.4) is 0 Å². The molecule has 66 valence electrons. The Hall–Kier alpha value is -0.620. The molecule has 0 saturated heterocycles. The van der Waals surface area contributed by atoms with Gasteiger partial charge in [0.15, 0.2) is 0 Å². The Morgan fingerprint density at radius 1 is 1.45 bits per heavy atom. The van der Waals surface area contributed by atoms with E-state index < -0.39 is 16.2 Å². The van der Waals surface area contributed by atoms with Gasteiger partial charge in [0.1, 0.15) is 0 Å². The molecule has 0 aliphatic carbocycles. The van der Waals surface area contributed by atoms with Gasteiger partial charge < -0.3 is 0 Å². The Balaban J connectivity index is 4.17. The summed E-state index contributed by atoms with van der Waals surface area (Å²) in [5.41, 5.74) is 0. The van der Waals surface area contributed by atoms with Gasteiger partial charge in [0.2, 0.25) is 5.91 Å². The van der Waals surface area contributed by atoms with Gasteiger partial charge in [-0.2, -0.15) is 8.42 Å². The van der Waals surface area contributed by atoms with Crippen molar-refractivity contribution in [2.75, 3.05) is 7.11 Å². The van der Waals surface area contributed by atoms with Crippen LogP contribution >= 0.6 is 0 Å². The summed E-state index contributed by atoms with van der Waals surface area (Å²) >= 11 is 0. The van der Waals surface area contributed by atoms with Crippen molar-refractivity contribution in [3.05, 3.63) is 0 Å². The highest BCUT2D eigenvalue weighted by Crippen LogP contribution is 1.93. The molecule has 0 aromatic carbocycles. The van der Waals surface area contributed by atoms with E-state index >= 15 is 0 Å². The molecule has 0 atom stereocenters. The van der Waals surface area contributed by atoms with E-state index in [9.17, 15) is 13.2 Å². The van der Waals surface area contributed by atoms with Crippen LogP contribution in [-0.4, -0.2) is 21.4 Å². The van der Waals surface area contributed by atoms with Crippen molar-refractivity contribution in [1.82, 2.24) is 4.72 Å². The van der Waals surface area contributed by atoms with Crippen LogP contribution in [0.5, 0.6) is 0 Å². The van der Waals surface area contributed by atoms with Gasteiger partial charge in [-0.05, 0) is 0 Å². The molecule has 0 unspecified atom stereocenters. The fourth-order valence-corrected chi connectivity index (χ4v) is 0.848. The van der Waals surface area contributed by atoms with Crippen molar-refractivity contribution in [1.29, 1.82) is 0 Å². The molecule has 0 bridgehead atoms. The van der Waals surface area contributed by atoms with Gasteiger partial charge in [-0.15, -0.1) is 0 Å². The summed E-state index contributed by atoms with van der Waals surface area (Å²) in [6.07, 6.45) is 0. The molecule has 0 aromatic rings. The molecule has 0 aliphatic rings. The third kappa shape index (κ3) is 3.94. The van der Waals surface area contributed by atoms with Crippen LogP contribution in [0, 0.1) is 5.92 Å². The minimum absolute atomic E-state index is 0.375. The van der Waals surface area contributed by atoms with E-state index in [4.69, 9.17) is 0 Å². The van der Waals surface area contributed by atoms with Gasteiger partial charge in [-0.3, -0.25) is 8.98 Å². The van der Waals surface area contributed by atoms with E-state index in [1.807, 2.05) is 0 Å². The van der Waals surface area contributed by atoms with Gasteiger partial charge in [-0.25, -0.2) is 4.72 Å². The van der Waals surface area contributed by atoms with Crippen LogP contribution in [0.15, 0.2) is 0 Å². The first-order chi connectivity index (χ1) is 4.89. The summed E-state index contributed by atoms with van der Waals surface area (Å²) in [5.74, 6) is -0.952. The predicted octanol–water partition coefficient (Wildman–Crippen LogP) is -0.350. The molecule has 0 fully saturated rings. The lowest BCUT2D eigenvalue weighted by Gasteiger charge is -2.05. The van der Waals surface area contributed by atoms with Crippen LogP contribution in [0.1, 0.15) is 13.8 Å². The van der Waals surface area contributed by atoms with Crippen molar-refractivity contribution in [2.24, 2.45) is 5.92 Å². The maximum Gasteiger partial charge on any atom is 0.361 e. The number of nitrogens with one attached hydrogen (secondary N) is 1. The highest BCUT2D eigenvalue weighted by Gasteiger charge is 2.15. The molecule has 0 aliphatic heterocycles. The molecule has 0 saturated carbocycles. The molecule has 0 heterocycles. The molecule has 0 rings (SSSR count). The molecule has 11 heavy (non-hydrogen) atoms. The van der Waals surface area contributed by atoms with E-state index in [-0.39, 0.29) is 5.92 Å². The largest absolute Gasteiger partial charge is 0.361 e. The Labute approximate surface area is 66.0 Å². The lowest BCUT2D eigenvalue weighted by molar-refractivity contribution is -0.122. The van der Waals surface area contributed by atoms with Crippen LogP contribution in [0.4, 0.5) is 0 Å². The maximum atomic E-state index is 10.7. The van der Waals surface area contributed by atoms with E-state index in [1.165, 1.54) is 0 Å². The van der Waals surface area contributed by atoms with Crippen LogP contribution in [0.25, 0.3) is 0 Å². The Kier molecular flexibility index (Phi) is 3.47. The summed E-state index contributed by atoms with van der Waals surface area (Å²) in [4.78, 5) is 10.7. The van der Waals surface area contributed by atoms with Gasteiger partial charge >= 0.3 is 10.3 Å². The lowest BCUT2D eigenvalue weighted by atomic mass is 10.2. The molecule has 0 aromatic heterocycles. The second-order valence-corrected chi connectivity index (χ2v) is 3.69. The summed E-state index contributed by atoms with van der Waals surface area (Å²) in [6, 6.07) is 0. The van der Waals surface area contributed by atoms with E-state index in [2.05, 4.69) is 4.18 Å². The quantitative estimate of drug-likeness (QED) is 0.646. The normalized spacial score (nSPS) is 11.6. The SMILES string of the molecule is COS(=O)(=O)NC(=O)C(C)C. The average molecular weight is 181 g/mol. The highest BCUT2D eigenvalue weighted by molar-refractivity contribution is 7.85. The molecule has 6 heteroatoms. The fourth-order valence-electron chi connectivity index (χ4n) is 0.283. The topological polar surface area (TPSA) is 72.5 Å². The fraction of sp³-hybridized carbons (Fsp3) is 0.800. The first-order valence-corrected chi connectivity index (χ1v) is 4.42. The zero-order valence-electron chi connectivity index (χ0n) is 6.62. The standard InChI is InChI=1S/C5H11NO4S/c1-4(2)5(7)6-11(8,9)10-3/h4H,1-3H3,(H,6,7). The monoisotopic (exact) mass is 181 g/mol. The van der Waals surface area contributed by atoms with Gasteiger partial charge in [0.05, 0.1) is 7.11 Å². The zero-order chi connectivity index (χ0) is 9.07. The van der Waals surface area contributed by atoms with Crippen LogP contribution in [-0.2, 0) is 19.3 Å². The molecule has 5 nitrogen and oxygen atoms in total. The first kappa shape index (κ1) is 10.4. The van der Waals surface area contributed by atoms with Gasteiger partial charge in [0.25, 0.3) is 0 Å². The van der Waals surface area contributed by atoms with Gasteiger partial charge in [-0.1, -0.05) is 13.8 Å². The summed E-state index contributed by atoms with van der Waals surface area (Å²) < 4.78 is 26.8. The van der Waals surface area contributed by atoms with Crippen LogP contribution in [0.2, 0.25) is 0 Å². The van der Waals surface area contributed by atoms with Crippen molar-refractivity contribution in [3.8, 4) is 0 Å². The smallest absolute Gasteiger partial charge is 0.274 e. The number of hydrogen-bond acceptors (Lipinski definition) is 4. The highest BCUT2D eigenvalue weighted by atomic mass is 32.2. The number of amides is 1. The number of hydrogen-bond donors (Lipinski definition) is 1. The minimum atomic E-state index is -3.86. The molecule has 0 radical (unpaired) electrons. The molecule has 1 amide bonds. The second kappa shape index (κ2) is 3.68. The Bertz CT molecular complexity index is 231. The summed E-state index contributed by atoms with van der Waals surface area (Å²) in [6.45, 7) is 3.17. The van der Waals surface area contributed by atoms with Crippen molar-refractivity contribution in [2.45, 2.75) is 13.8 Å². The predicted molar refractivity (Wildman–Crippen MR) is 38.9 cm³/mol. The summed E-state index contributed by atoms with van der Waals surface area (Å²) in [7, 11) is -2.88. The van der Waals surface area contributed by atoms with E-state index in [0.717, 1.165) is 7.11 Å². The maximum absolute atomic E-state index is 10.7. The second-order valence-electron chi connectivity index (χ2n) is 2.24. The number of carbonyl (C=O) groups excluding carboxylic acids is 1. The molecular formula is C5H11NO4S.